The van der Waals surface area contributed by atoms with Crippen LogP contribution >= 0.6 is 0 Å². The lowest BCUT2D eigenvalue weighted by Crippen LogP contribution is -2.18. The van der Waals surface area contributed by atoms with Crippen molar-refractivity contribution in [3.05, 3.63) is 23.7 Å². The molecule has 2 aromatic heterocycles. The van der Waals surface area contributed by atoms with E-state index in [1.165, 1.54) is 12.8 Å². The zero-order chi connectivity index (χ0) is 10.8. The predicted octanol–water partition coefficient (Wildman–Crippen LogP) is 1.78. The molecule has 0 spiro atoms. The van der Waals surface area contributed by atoms with Crippen molar-refractivity contribution in [3.8, 4) is 0 Å². The van der Waals surface area contributed by atoms with E-state index in [2.05, 4.69) is 21.0 Å². The van der Waals surface area contributed by atoms with Gasteiger partial charge in [0.25, 0.3) is 0 Å². The van der Waals surface area contributed by atoms with E-state index >= 15 is 0 Å². The molecule has 2 aliphatic carbocycles. The summed E-state index contributed by atoms with van der Waals surface area (Å²) in [5, 5.41) is 0. The molecule has 2 heterocycles. The third-order valence-electron chi connectivity index (χ3n) is 3.68. The van der Waals surface area contributed by atoms with Crippen LogP contribution in [0.1, 0.15) is 43.0 Å². The fraction of sp³-hybridized carbons (Fsp3) is 0.500. The normalized spacial score (nSPS) is 22.6. The van der Waals surface area contributed by atoms with Gasteiger partial charge in [0.1, 0.15) is 5.82 Å². The molecule has 0 radical (unpaired) electrons. The number of aromatic nitrogens is 3. The van der Waals surface area contributed by atoms with Crippen LogP contribution < -0.4 is 5.73 Å². The Kier molecular flexibility index (Phi) is 1.43. The van der Waals surface area contributed by atoms with Gasteiger partial charge in [-0.1, -0.05) is 0 Å². The number of fused-ring (bicyclic) bond motifs is 1. The lowest BCUT2D eigenvalue weighted by Gasteiger charge is -2.06. The van der Waals surface area contributed by atoms with Gasteiger partial charge in [0.2, 0.25) is 0 Å². The molecule has 0 aliphatic heterocycles. The molecular weight excluding hydrogens is 200 g/mol. The van der Waals surface area contributed by atoms with Gasteiger partial charge in [-0.25, -0.2) is 9.97 Å². The van der Waals surface area contributed by atoms with E-state index in [4.69, 9.17) is 5.73 Å². The lowest BCUT2D eigenvalue weighted by atomic mass is 10.1. The molecule has 2 aromatic rings. The van der Waals surface area contributed by atoms with E-state index in [0.717, 1.165) is 35.4 Å². The Balaban J connectivity index is 1.84. The highest BCUT2D eigenvalue weighted by Crippen LogP contribution is 2.43. The molecule has 4 nitrogen and oxygen atoms in total. The Bertz CT molecular complexity index is 563. The van der Waals surface area contributed by atoms with Crippen LogP contribution in [0.4, 0.5) is 0 Å². The maximum absolute atomic E-state index is 6.16. The van der Waals surface area contributed by atoms with Crippen LogP contribution in [-0.2, 0) is 5.54 Å². The van der Waals surface area contributed by atoms with E-state index in [9.17, 15) is 0 Å². The number of nitrogens with zero attached hydrogens (tertiary/aromatic N) is 2. The molecular formula is C12H14N4. The van der Waals surface area contributed by atoms with Crippen molar-refractivity contribution in [2.45, 2.75) is 37.1 Å². The van der Waals surface area contributed by atoms with E-state index in [0.29, 0.717) is 5.92 Å². The zero-order valence-corrected chi connectivity index (χ0v) is 9.03. The fourth-order valence-electron chi connectivity index (χ4n) is 2.16. The Hall–Kier alpha value is -1.42. The first-order valence-corrected chi connectivity index (χ1v) is 5.90. The fourth-order valence-corrected chi connectivity index (χ4v) is 2.16. The first-order valence-electron chi connectivity index (χ1n) is 5.90. The van der Waals surface area contributed by atoms with Crippen LogP contribution in [0.15, 0.2) is 12.3 Å². The molecule has 3 N–H and O–H groups in total. The molecule has 2 fully saturated rings. The largest absolute Gasteiger partial charge is 0.340 e. The Labute approximate surface area is 93.3 Å². The predicted molar refractivity (Wildman–Crippen MR) is 61.0 cm³/mol. The molecule has 0 amide bonds. The summed E-state index contributed by atoms with van der Waals surface area (Å²) >= 11 is 0. The Morgan fingerprint density at radius 2 is 2.19 bits per heavy atom. The van der Waals surface area contributed by atoms with Crippen molar-refractivity contribution in [1.29, 1.82) is 0 Å². The highest BCUT2D eigenvalue weighted by molar-refractivity contribution is 5.72. The van der Waals surface area contributed by atoms with E-state index in [-0.39, 0.29) is 5.54 Å². The van der Waals surface area contributed by atoms with Crippen LogP contribution in [-0.4, -0.2) is 15.0 Å². The lowest BCUT2D eigenvalue weighted by molar-refractivity contribution is 0.737. The molecule has 82 valence electrons. The van der Waals surface area contributed by atoms with Crippen molar-refractivity contribution in [2.24, 2.45) is 5.73 Å². The molecule has 4 rings (SSSR count). The maximum Gasteiger partial charge on any atom is 0.177 e. The number of hydrogen-bond acceptors (Lipinski definition) is 3. The summed E-state index contributed by atoms with van der Waals surface area (Å²) in [4.78, 5) is 12.3. The highest BCUT2D eigenvalue weighted by Gasteiger charge is 2.40. The minimum atomic E-state index is -0.105. The Morgan fingerprint density at radius 1 is 1.38 bits per heavy atom. The average molecular weight is 214 g/mol. The number of nitrogens with one attached hydrogen (secondary N) is 1. The third-order valence-corrected chi connectivity index (χ3v) is 3.68. The summed E-state index contributed by atoms with van der Waals surface area (Å²) in [7, 11) is 0. The van der Waals surface area contributed by atoms with Crippen LogP contribution in [0.3, 0.4) is 0 Å². The van der Waals surface area contributed by atoms with Crippen LogP contribution in [0.25, 0.3) is 11.2 Å². The molecule has 2 saturated carbocycles. The van der Waals surface area contributed by atoms with Gasteiger partial charge in [0.05, 0.1) is 5.52 Å². The van der Waals surface area contributed by atoms with Gasteiger partial charge in [0.15, 0.2) is 5.65 Å². The number of imidazole rings is 1. The summed E-state index contributed by atoms with van der Waals surface area (Å²) in [6.07, 6.45) is 6.54. The standard InChI is InChI=1S/C12H14N4/c13-12(3-4-12)8-5-9-11(14-6-8)16-10(15-9)7-1-2-7/h5-7H,1-4,13H2,(H,14,15,16). The molecule has 0 saturated heterocycles. The first kappa shape index (κ1) is 8.70. The number of nitrogens with two attached hydrogens (primary N) is 1. The van der Waals surface area contributed by atoms with E-state index in [1.807, 2.05) is 6.20 Å². The van der Waals surface area contributed by atoms with E-state index in [1.54, 1.807) is 0 Å². The van der Waals surface area contributed by atoms with Gasteiger partial charge in [0, 0.05) is 17.7 Å². The Morgan fingerprint density at radius 3 is 2.88 bits per heavy atom. The van der Waals surface area contributed by atoms with Gasteiger partial charge in [-0.05, 0) is 37.3 Å². The highest BCUT2D eigenvalue weighted by atomic mass is 15.0. The summed E-state index contributed by atoms with van der Waals surface area (Å²) in [6, 6.07) is 2.12. The smallest absolute Gasteiger partial charge is 0.177 e. The number of rotatable bonds is 2. The van der Waals surface area contributed by atoms with Crippen LogP contribution in [0.2, 0.25) is 0 Å². The molecule has 2 aliphatic rings. The van der Waals surface area contributed by atoms with Gasteiger partial charge in [-0.2, -0.15) is 0 Å². The van der Waals surface area contributed by atoms with Crippen molar-refractivity contribution in [3.63, 3.8) is 0 Å². The number of hydrogen-bond donors (Lipinski definition) is 2. The van der Waals surface area contributed by atoms with Crippen molar-refractivity contribution < 1.29 is 0 Å². The van der Waals surface area contributed by atoms with Crippen molar-refractivity contribution in [1.82, 2.24) is 15.0 Å². The summed E-state index contributed by atoms with van der Waals surface area (Å²) in [6.45, 7) is 0. The zero-order valence-electron chi connectivity index (χ0n) is 9.03. The topological polar surface area (TPSA) is 67.6 Å². The molecule has 4 heteroatoms. The minimum absolute atomic E-state index is 0.105. The monoisotopic (exact) mass is 214 g/mol. The van der Waals surface area contributed by atoms with E-state index < -0.39 is 0 Å². The van der Waals surface area contributed by atoms with Crippen molar-refractivity contribution in [2.75, 3.05) is 0 Å². The summed E-state index contributed by atoms with van der Waals surface area (Å²) in [5.41, 5.74) is 9.07. The second-order valence-corrected chi connectivity index (χ2v) is 5.15. The van der Waals surface area contributed by atoms with Gasteiger partial charge in [-0.15, -0.1) is 0 Å². The molecule has 16 heavy (non-hydrogen) atoms. The number of pyridine rings is 1. The summed E-state index contributed by atoms with van der Waals surface area (Å²) in [5.74, 6) is 1.74. The molecule has 0 bridgehead atoms. The third kappa shape index (κ3) is 1.19. The summed E-state index contributed by atoms with van der Waals surface area (Å²) < 4.78 is 0. The molecule has 0 unspecified atom stereocenters. The average Bonchev–Trinajstić information content (AvgIpc) is 3.19. The number of H-pyrrole nitrogens is 1. The van der Waals surface area contributed by atoms with Gasteiger partial charge >= 0.3 is 0 Å². The van der Waals surface area contributed by atoms with Gasteiger partial charge in [-0.3, -0.25) is 0 Å². The molecule has 0 aromatic carbocycles. The first-order chi connectivity index (χ1) is 7.74. The second kappa shape index (κ2) is 2.63. The van der Waals surface area contributed by atoms with Crippen LogP contribution in [0, 0.1) is 0 Å². The van der Waals surface area contributed by atoms with Crippen LogP contribution in [0.5, 0.6) is 0 Å². The SMILES string of the molecule is NC1(c2cnc3nc(C4CC4)[nH]c3c2)CC1. The minimum Gasteiger partial charge on any atom is -0.340 e. The quantitative estimate of drug-likeness (QED) is 0.800. The van der Waals surface area contributed by atoms with Gasteiger partial charge < -0.3 is 10.7 Å². The second-order valence-electron chi connectivity index (χ2n) is 5.15. The molecule has 0 atom stereocenters. The number of aromatic amines is 1. The maximum atomic E-state index is 6.16. The van der Waals surface area contributed by atoms with Crippen molar-refractivity contribution >= 4 is 11.2 Å².